The third-order valence-corrected chi connectivity index (χ3v) is 3.30. The van der Waals surface area contributed by atoms with Crippen LogP contribution >= 0.6 is 0 Å². The molecule has 2 aromatic rings. The fourth-order valence-corrected chi connectivity index (χ4v) is 2.19. The maximum Gasteiger partial charge on any atom is 0.280 e. The lowest BCUT2D eigenvalue weighted by Crippen LogP contribution is -2.29. The van der Waals surface area contributed by atoms with Crippen molar-refractivity contribution in [3.63, 3.8) is 0 Å². The highest BCUT2D eigenvalue weighted by Gasteiger charge is 2.09. The number of aromatic nitrogens is 4. The van der Waals surface area contributed by atoms with Gasteiger partial charge in [0.1, 0.15) is 37.9 Å². The van der Waals surface area contributed by atoms with Crippen LogP contribution in [0.5, 0.6) is 0 Å². The summed E-state index contributed by atoms with van der Waals surface area (Å²) in [6, 6.07) is 0. The summed E-state index contributed by atoms with van der Waals surface area (Å²) in [5.41, 5.74) is 0. The molecule has 2 heterocycles. The monoisotopic (exact) mass is 402 g/mol. The molecule has 2 aromatic heterocycles. The van der Waals surface area contributed by atoms with Gasteiger partial charge in [0, 0.05) is 22.6 Å². The Morgan fingerprint density at radius 1 is 0.963 bits per heavy atom. The summed E-state index contributed by atoms with van der Waals surface area (Å²) < 4.78 is 41.9. The first-order valence-electron chi connectivity index (χ1n) is 7.81. The molecule has 27 heavy (non-hydrogen) atoms. The van der Waals surface area contributed by atoms with E-state index in [-0.39, 0.29) is 13.2 Å². The van der Waals surface area contributed by atoms with Crippen molar-refractivity contribution in [3.8, 4) is 0 Å². The summed E-state index contributed by atoms with van der Waals surface area (Å²) in [5.74, 6) is 2.03. The molecule has 0 bridgehead atoms. The van der Waals surface area contributed by atoms with Crippen molar-refractivity contribution in [2.45, 2.75) is 13.1 Å². The number of hydrogen-bond donors (Lipinski definition) is 2. The van der Waals surface area contributed by atoms with Gasteiger partial charge in [0.25, 0.3) is 11.6 Å². The Kier molecular flexibility index (Phi) is 11.1. The zero-order valence-corrected chi connectivity index (χ0v) is 16.2. The van der Waals surface area contributed by atoms with E-state index in [4.69, 9.17) is 27.7 Å². The van der Waals surface area contributed by atoms with Crippen molar-refractivity contribution >= 4 is 22.6 Å². The van der Waals surface area contributed by atoms with E-state index >= 15 is 0 Å². The standard InChI is InChI=1S/2C8H13N2O.H2O4S/c2*1-3-8-9(2)4-5-10(8)6-7-11;1-5(2,3)4/h2*3-5,11H,1,6-7H2,2H3;(H2,1,2,3,4)/q2*+1;/p-2. The van der Waals surface area contributed by atoms with Crippen molar-refractivity contribution < 1.29 is 36.9 Å². The molecule has 0 fully saturated rings. The zero-order valence-electron chi connectivity index (χ0n) is 15.4. The minimum absolute atomic E-state index is 0.162. The van der Waals surface area contributed by atoms with E-state index < -0.39 is 10.4 Å². The van der Waals surface area contributed by atoms with Crippen molar-refractivity contribution in [2.75, 3.05) is 13.2 Å². The molecule has 10 nitrogen and oxygen atoms in total. The highest BCUT2D eigenvalue weighted by molar-refractivity contribution is 7.79. The average molecular weight is 402 g/mol. The quantitative estimate of drug-likeness (QED) is 0.345. The summed E-state index contributed by atoms with van der Waals surface area (Å²) in [6.45, 7) is 8.95. The minimum atomic E-state index is -5.17. The van der Waals surface area contributed by atoms with E-state index in [0.29, 0.717) is 13.1 Å². The molecule has 0 aliphatic rings. The first-order valence-corrected chi connectivity index (χ1v) is 9.15. The smallest absolute Gasteiger partial charge is 0.280 e. The van der Waals surface area contributed by atoms with Gasteiger partial charge in [-0.25, -0.2) is 18.3 Å². The molecule has 0 aromatic carbocycles. The lowest BCUT2D eigenvalue weighted by Gasteiger charge is -2.06. The lowest BCUT2D eigenvalue weighted by atomic mass is 10.5. The normalized spacial score (nSPS) is 10.3. The number of aliphatic hydroxyl groups excluding tert-OH is 2. The van der Waals surface area contributed by atoms with Crippen LogP contribution in [0.3, 0.4) is 0 Å². The Labute approximate surface area is 159 Å². The lowest BCUT2D eigenvalue weighted by molar-refractivity contribution is -0.672. The summed E-state index contributed by atoms with van der Waals surface area (Å²) in [5, 5.41) is 17.4. The molecule has 0 aliphatic carbocycles. The first-order chi connectivity index (χ1) is 12.6. The molecule has 11 heteroatoms. The molecular formula is C16H26N4O6S. The van der Waals surface area contributed by atoms with Crippen molar-refractivity contribution in [3.05, 3.63) is 49.6 Å². The number of hydrogen-bond acceptors (Lipinski definition) is 6. The van der Waals surface area contributed by atoms with E-state index in [9.17, 15) is 0 Å². The van der Waals surface area contributed by atoms with Gasteiger partial charge in [0.2, 0.25) is 0 Å². The Balaban J connectivity index is 0.000000405. The van der Waals surface area contributed by atoms with Gasteiger partial charge >= 0.3 is 0 Å². The predicted octanol–water partition coefficient (Wildman–Crippen LogP) is -1.44. The van der Waals surface area contributed by atoms with Crippen LogP contribution in [0.25, 0.3) is 12.2 Å². The SMILES string of the molecule is C=Cc1n(CCO)cc[n+]1C.C=Cc1n(CCO)cc[n+]1C.O=S(=O)([O-])[O-]. The van der Waals surface area contributed by atoms with E-state index in [1.807, 2.05) is 57.2 Å². The highest BCUT2D eigenvalue weighted by atomic mass is 32.3. The van der Waals surface area contributed by atoms with Gasteiger partial charge in [0.05, 0.1) is 27.3 Å². The third kappa shape index (κ3) is 9.82. The minimum Gasteiger partial charge on any atom is -0.759 e. The van der Waals surface area contributed by atoms with Crippen LogP contribution in [0.2, 0.25) is 0 Å². The summed E-state index contributed by atoms with van der Waals surface area (Å²) in [4.78, 5) is 0. The second-order valence-corrected chi connectivity index (χ2v) is 6.00. The number of nitrogens with zero attached hydrogens (tertiary/aromatic N) is 4. The Morgan fingerprint density at radius 2 is 1.26 bits per heavy atom. The molecule has 0 spiro atoms. The van der Waals surface area contributed by atoms with Crippen LogP contribution in [-0.4, -0.2) is 50.1 Å². The highest BCUT2D eigenvalue weighted by Crippen LogP contribution is 1.95. The molecular weight excluding hydrogens is 376 g/mol. The Hall–Kier alpha value is -2.31. The maximum absolute atomic E-state index is 8.68. The molecule has 0 saturated carbocycles. The molecule has 152 valence electrons. The second-order valence-electron chi connectivity index (χ2n) is 5.18. The summed E-state index contributed by atoms with van der Waals surface area (Å²) >= 11 is 0. The van der Waals surface area contributed by atoms with Gasteiger partial charge in [-0.1, -0.05) is 13.2 Å². The van der Waals surface area contributed by atoms with Crippen LogP contribution in [0.1, 0.15) is 11.6 Å². The number of imidazole rings is 2. The maximum atomic E-state index is 8.68. The van der Waals surface area contributed by atoms with Crippen LogP contribution in [0, 0.1) is 0 Å². The predicted molar refractivity (Wildman–Crippen MR) is 96.0 cm³/mol. The largest absolute Gasteiger partial charge is 0.759 e. The molecule has 0 saturated heterocycles. The number of aliphatic hydroxyl groups is 2. The van der Waals surface area contributed by atoms with E-state index in [0.717, 1.165) is 11.6 Å². The van der Waals surface area contributed by atoms with Gasteiger partial charge in [-0.05, 0) is 0 Å². The second kappa shape index (κ2) is 12.1. The molecule has 0 unspecified atom stereocenters. The molecule has 2 rings (SSSR count). The third-order valence-electron chi connectivity index (χ3n) is 3.30. The number of aryl methyl sites for hydroxylation is 2. The Morgan fingerprint density at radius 3 is 1.48 bits per heavy atom. The first kappa shape index (κ1) is 24.7. The van der Waals surface area contributed by atoms with Gasteiger partial charge < -0.3 is 19.3 Å². The number of rotatable bonds is 6. The average Bonchev–Trinajstić information content (AvgIpc) is 3.10. The molecule has 0 radical (unpaired) electrons. The Bertz CT molecular complexity index is 764. The molecule has 0 amide bonds. The summed E-state index contributed by atoms with van der Waals surface area (Å²) in [7, 11) is -1.27. The van der Waals surface area contributed by atoms with Gasteiger partial charge in [-0.15, -0.1) is 0 Å². The van der Waals surface area contributed by atoms with Crippen molar-refractivity contribution in [2.24, 2.45) is 14.1 Å². The van der Waals surface area contributed by atoms with Gasteiger partial charge in [-0.3, -0.25) is 8.42 Å². The van der Waals surface area contributed by atoms with Crippen LogP contribution in [-0.2, 0) is 37.6 Å². The van der Waals surface area contributed by atoms with Crippen LogP contribution < -0.4 is 9.13 Å². The zero-order chi connectivity index (χ0) is 21.0. The van der Waals surface area contributed by atoms with Gasteiger partial charge in [-0.2, -0.15) is 0 Å². The van der Waals surface area contributed by atoms with Crippen LogP contribution in [0.4, 0.5) is 0 Å². The van der Waals surface area contributed by atoms with Crippen molar-refractivity contribution in [1.82, 2.24) is 9.13 Å². The summed E-state index contributed by atoms with van der Waals surface area (Å²) in [6.07, 6.45) is 11.3. The fraction of sp³-hybridized carbons (Fsp3) is 0.375. The topological polar surface area (TPSA) is 138 Å². The van der Waals surface area contributed by atoms with Crippen molar-refractivity contribution in [1.29, 1.82) is 0 Å². The van der Waals surface area contributed by atoms with Gasteiger partial charge in [0.15, 0.2) is 0 Å². The molecule has 0 aliphatic heterocycles. The van der Waals surface area contributed by atoms with Crippen LogP contribution in [0.15, 0.2) is 37.9 Å². The molecule has 2 N–H and O–H groups in total. The van der Waals surface area contributed by atoms with E-state index in [2.05, 4.69) is 13.2 Å². The van der Waals surface area contributed by atoms with E-state index in [1.54, 1.807) is 12.2 Å². The fourth-order valence-electron chi connectivity index (χ4n) is 2.19. The molecule has 0 atom stereocenters. The van der Waals surface area contributed by atoms with E-state index in [1.165, 1.54) is 0 Å².